The molecule has 1 aromatic rings. The van der Waals surface area contributed by atoms with Crippen LogP contribution in [0.25, 0.3) is 0 Å². The monoisotopic (exact) mass is 376 g/mol. The Labute approximate surface area is 161 Å². The summed E-state index contributed by atoms with van der Waals surface area (Å²) in [4.78, 5) is 17.7. The number of rotatable bonds is 4. The molecular formula is C20H32N4O3. The predicted molar refractivity (Wildman–Crippen MR) is 102 cm³/mol. The number of amides is 2. The van der Waals surface area contributed by atoms with Crippen molar-refractivity contribution in [1.29, 1.82) is 0 Å². The molecule has 7 heteroatoms. The van der Waals surface area contributed by atoms with E-state index in [-0.39, 0.29) is 17.6 Å². The molecule has 0 radical (unpaired) electrons. The van der Waals surface area contributed by atoms with Gasteiger partial charge in [-0.3, -0.25) is 4.90 Å². The highest BCUT2D eigenvalue weighted by Crippen LogP contribution is 2.34. The molecule has 4 rings (SSSR count). The highest BCUT2D eigenvalue weighted by molar-refractivity contribution is 5.76. The molecule has 3 fully saturated rings. The Bertz CT molecular complexity index is 635. The number of likely N-dealkylation sites (tertiary alicyclic amines) is 1. The van der Waals surface area contributed by atoms with Gasteiger partial charge in [0.15, 0.2) is 0 Å². The van der Waals surface area contributed by atoms with Gasteiger partial charge in [0, 0.05) is 32.2 Å². The zero-order valence-corrected chi connectivity index (χ0v) is 16.4. The maximum atomic E-state index is 13.3. The molecular weight excluding hydrogens is 344 g/mol. The predicted octanol–water partition coefficient (Wildman–Crippen LogP) is 2.86. The van der Waals surface area contributed by atoms with Crippen LogP contribution in [0.15, 0.2) is 10.6 Å². The minimum absolute atomic E-state index is 0.0338. The van der Waals surface area contributed by atoms with Crippen molar-refractivity contribution >= 4 is 6.03 Å². The van der Waals surface area contributed by atoms with Gasteiger partial charge in [-0.1, -0.05) is 24.4 Å². The number of aryl methyl sites for hydroxylation is 1. The molecule has 1 aliphatic carbocycles. The maximum Gasteiger partial charge on any atom is 0.318 e. The highest BCUT2D eigenvalue weighted by atomic mass is 16.5. The first-order chi connectivity index (χ1) is 13.2. The van der Waals surface area contributed by atoms with Crippen LogP contribution >= 0.6 is 0 Å². The smallest absolute Gasteiger partial charge is 0.318 e. The Morgan fingerprint density at radius 1 is 1.22 bits per heavy atom. The Balaban J connectivity index is 1.45. The highest BCUT2D eigenvalue weighted by Gasteiger charge is 2.39. The van der Waals surface area contributed by atoms with Crippen LogP contribution in [0.5, 0.6) is 0 Å². The minimum atomic E-state index is -0.112. The molecule has 3 heterocycles. The number of hydrogen-bond donors (Lipinski definition) is 1. The van der Waals surface area contributed by atoms with Gasteiger partial charge >= 0.3 is 6.03 Å². The fraction of sp³-hybridized carbons (Fsp3) is 0.800. The van der Waals surface area contributed by atoms with Crippen molar-refractivity contribution in [3.63, 3.8) is 0 Å². The number of morpholine rings is 1. The summed E-state index contributed by atoms with van der Waals surface area (Å²) in [6, 6.07) is 2.06. The second kappa shape index (κ2) is 8.19. The molecule has 0 unspecified atom stereocenters. The fourth-order valence-corrected chi connectivity index (χ4v) is 4.90. The van der Waals surface area contributed by atoms with Gasteiger partial charge in [-0.05, 0) is 32.6 Å². The van der Waals surface area contributed by atoms with E-state index in [1.807, 2.05) is 17.9 Å². The second-order valence-electron chi connectivity index (χ2n) is 8.37. The minimum Gasteiger partial charge on any atom is -0.379 e. The molecule has 1 saturated carbocycles. The summed E-state index contributed by atoms with van der Waals surface area (Å²) in [5, 5.41) is 7.64. The van der Waals surface area contributed by atoms with Crippen LogP contribution in [-0.4, -0.2) is 65.9 Å². The van der Waals surface area contributed by atoms with E-state index in [0.717, 1.165) is 76.5 Å². The van der Waals surface area contributed by atoms with Gasteiger partial charge in [0.2, 0.25) is 0 Å². The molecule has 1 atom stereocenters. The van der Waals surface area contributed by atoms with Crippen LogP contribution in [0.2, 0.25) is 0 Å². The number of carbonyl (C=O) groups excluding carboxylic acids is 1. The van der Waals surface area contributed by atoms with Crippen LogP contribution in [-0.2, 0) is 4.74 Å². The van der Waals surface area contributed by atoms with E-state index in [0.29, 0.717) is 0 Å². The number of hydrogen-bond acceptors (Lipinski definition) is 5. The maximum absolute atomic E-state index is 13.3. The van der Waals surface area contributed by atoms with Crippen LogP contribution < -0.4 is 5.32 Å². The van der Waals surface area contributed by atoms with E-state index >= 15 is 0 Å². The zero-order chi connectivity index (χ0) is 18.7. The van der Waals surface area contributed by atoms with Crippen molar-refractivity contribution < 1.29 is 14.1 Å². The summed E-state index contributed by atoms with van der Waals surface area (Å²) in [5.74, 6) is 0.799. The molecule has 0 spiro atoms. The largest absolute Gasteiger partial charge is 0.379 e. The third-order valence-corrected chi connectivity index (χ3v) is 6.31. The van der Waals surface area contributed by atoms with E-state index in [9.17, 15) is 4.79 Å². The summed E-state index contributed by atoms with van der Waals surface area (Å²) >= 11 is 0. The number of urea groups is 1. The van der Waals surface area contributed by atoms with Crippen molar-refractivity contribution in [2.75, 3.05) is 39.4 Å². The number of carbonyl (C=O) groups is 1. The fourth-order valence-electron chi connectivity index (χ4n) is 4.90. The SMILES string of the molecule is Cc1cc([C@@H]2CCCN2C(=O)NC2(CN3CCOCC3)CCCCC2)no1. The first-order valence-corrected chi connectivity index (χ1v) is 10.5. The van der Waals surface area contributed by atoms with Crippen molar-refractivity contribution in [1.82, 2.24) is 20.3 Å². The Hall–Kier alpha value is -1.60. The summed E-state index contributed by atoms with van der Waals surface area (Å²) in [5.41, 5.74) is 0.769. The first-order valence-electron chi connectivity index (χ1n) is 10.5. The quantitative estimate of drug-likeness (QED) is 0.875. The molecule has 2 amide bonds. The first kappa shape index (κ1) is 18.7. The van der Waals surface area contributed by atoms with Gasteiger partial charge in [-0.15, -0.1) is 0 Å². The van der Waals surface area contributed by atoms with Gasteiger partial charge in [0.05, 0.1) is 24.8 Å². The lowest BCUT2D eigenvalue weighted by Gasteiger charge is -2.43. The van der Waals surface area contributed by atoms with E-state index in [2.05, 4.69) is 15.4 Å². The Kier molecular flexibility index (Phi) is 5.68. The molecule has 150 valence electrons. The molecule has 1 N–H and O–H groups in total. The number of ether oxygens (including phenoxy) is 1. The van der Waals surface area contributed by atoms with Gasteiger partial charge in [-0.2, -0.15) is 0 Å². The zero-order valence-electron chi connectivity index (χ0n) is 16.4. The molecule has 27 heavy (non-hydrogen) atoms. The Morgan fingerprint density at radius 3 is 2.70 bits per heavy atom. The molecule has 0 aromatic carbocycles. The van der Waals surface area contributed by atoms with Crippen molar-refractivity contribution in [3.05, 3.63) is 17.5 Å². The average molecular weight is 377 g/mol. The number of aromatic nitrogens is 1. The van der Waals surface area contributed by atoms with Crippen LogP contribution in [0.4, 0.5) is 4.79 Å². The van der Waals surface area contributed by atoms with E-state index in [1.54, 1.807) is 0 Å². The number of nitrogens with one attached hydrogen (secondary N) is 1. The van der Waals surface area contributed by atoms with Gasteiger partial charge in [-0.25, -0.2) is 4.79 Å². The average Bonchev–Trinajstić information content (AvgIpc) is 3.32. The summed E-state index contributed by atoms with van der Waals surface area (Å²) < 4.78 is 10.7. The molecule has 7 nitrogen and oxygen atoms in total. The lowest BCUT2D eigenvalue weighted by atomic mass is 9.81. The molecule has 2 aliphatic heterocycles. The van der Waals surface area contributed by atoms with Crippen LogP contribution in [0.3, 0.4) is 0 Å². The second-order valence-corrected chi connectivity index (χ2v) is 8.37. The number of nitrogens with zero attached hydrogens (tertiary/aromatic N) is 3. The molecule has 1 aromatic heterocycles. The van der Waals surface area contributed by atoms with Crippen LogP contribution in [0.1, 0.15) is 62.4 Å². The molecule has 0 bridgehead atoms. The van der Waals surface area contributed by atoms with Gasteiger partial charge in [0.1, 0.15) is 11.5 Å². The molecule has 3 aliphatic rings. The normalized spacial score (nSPS) is 26.3. The summed E-state index contributed by atoms with van der Waals surface area (Å²) in [6.07, 6.45) is 7.75. The van der Waals surface area contributed by atoms with Crippen molar-refractivity contribution in [2.45, 2.75) is 63.5 Å². The van der Waals surface area contributed by atoms with Gasteiger partial charge in [0.25, 0.3) is 0 Å². The van der Waals surface area contributed by atoms with E-state index < -0.39 is 0 Å². The lowest BCUT2D eigenvalue weighted by Crippen LogP contribution is -2.60. The third kappa shape index (κ3) is 4.29. The van der Waals surface area contributed by atoms with Crippen LogP contribution in [0, 0.1) is 6.92 Å². The van der Waals surface area contributed by atoms with E-state index in [4.69, 9.17) is 9.26 Å². The molecule has 2 saturated heterocycles. The van der Waals surface area contributed by atoms with Crippen molar-refractivity contribution in [2.24, 2.45) is 0 Å². The summed E-state index contributed by atoms with van der Waals surface area (Å²) in [7, 11) is 0. The standard InChI is InChI=1S/C20H32N4O3/c1-16-14-17(22-27-16)18-6-5-9-24(18)19(25)21-20(7-3-2-4-8-20)15-23-10-12-26-13-11-23/h14,18H,2-13,15H2,1H3,(H,21,25)/t18-/m0/s1. The Morgan fingerprint density at radius 2 is 2.00 bits per heavy atom. The van der Waals surface area contributed by atoms with E-state index in [1.165, 1.54) is 19.3 Å². The third-order valence-electron chi connectivity index (χ3n) is 6.31. The summed E-state index contributed by atoms with van der Waals surface area (Å²) in [6.45, 7) is 7.13. The lowest BCUT2D eigenvalue weighted by molar-refractivity contribution is 0.0189. The van der Waals surface area contributed by atoms with Crippen molar-refractivity contribution in [3.8, 4) is 0 Å². The topological polar surface area (TPSA) is 70.8 Å². The van der Waals surface area contributed by atoms with Gasteiger partial charge < -0.3 is 19.5 Å².